The van der Waals surface area contributed by atoms with Crippen LogP contribution in [-0.2, 0) is 6.54 Å². The van der Waals surface area contributed by atoms with E-state index in [4.69, 9.17) is 0 Å². The molecule has 102 valence electrons. The molecule has 1 fully saturated rings. The van der Waals surface area contributed by atoms with Crippen molar-refractivity contribution in [1.29, 1.82) is 0 Å². The van der Waals surface area contributed by atoms with E-state index in [0.717, 1.165) is 31.6 Å². The van der Waals surface area contributed by atoms with E-state index in [2.05, 4.69) is 41.0 Å². The Morgan fingerprint density at radius 1 is 1.33 bits per heavy atom. The molecular formula is C15H26N2S. The van der Waals surface area contributed by atoms with Crippen molar-refractivity contribution >= 4 is 11.3 Å². The molecule has 0 radical (unpaired) electrons. The first-order chi connectivity index (χ1) is 8.74. The second-order valence-electron chi connectivity index (χ2n) is 5.78. The Hall–Kier alpha value is -0.380. The Labute approximate surface area is 115 Å². The van der Waals surface area contributed by atoms with Crippen LogP contribution in [0, 0.1) is 5.92 Å². The van der Waals surface area contributed by atoms with Crippen LogP contribution in [0.4, 0.5) is 0 Å². The smallest absolute Gasteiger partial charge is 0.0239 e. The molecule has 2 rings (SSSR count). The van der Waals surface area contributed by atoms with E-state index in [1.807, 2.05) is 0 Å². The van der Waals surface area contributed by atoms with Crippen LogP contribution in [-0.4, -0.2) is 31.1 Å². The average molecular weight is 266 g/mol. The van der Waals surface area contributed by atoms with Crippen LogP contribution >= 0.6 is 11.3 Å². The normalized spacial score (nSPS) is 24.6. The quantitative estimate of drug-likeness (QED) is 0.849. The first-order valence-electron chi connectivity index (χ1n) is 7.17. The van der Waals surface area contributed by atoms with Gasteiger partial charge in [0.25, 0.3) is 0 Å². The molecule has 2 nitrogen and oxygen atoms in total. The zero-order valence-corrected chi connectivity index (χ0v) is 12.5. The van der Waals surface area contributed by atoms with Crippen LogP contribution in [0.1, 0.15) is 38.2 Å². The maximum atomic E-state index is 3.71. The molecule has 0 aliphatic heterocycles. The van der Waals surface area contributed by atoms with Crippen molar-refractivity contribution in [2.75, 3.05) is 20.1 Å². The molecule has 1 aliphatic carbocycles. The van der Waals surface area contributed by atoms with Gasteiger partial charge >= 0.3 is 0 Å². The zero-order valence-electron chi connectivity index (χ0n) is 11.7. The fourth-order valence-electron chi connectivity index (χ4n) is 2.70. The second-order valence-corrected chi connectivity index (χ2v) is 6.56. The fourth-order valence-corrected chi connectivity index (χ4v) is 3.36. The van der Waals surface area contributed by atoms with E-state index in [1.54, 1.807) is 11.3 Å². The van der Waals surface area contributed by atoms with Gasteiger partial charge in [0.05, 0.1) is 0 Å². The predicted octanol–water partition coefficient (Wildman–Crippen LogP) is 3.35. The van der Waals surface area contributed by atoms with E-state index >= 15 is 0 Å². The van der Waals surface area contributed by atoms with Gasteiger partial charge in [0.15, 0.2) is 0 Å². The summed E-state index contributed by atoms with van der Waals surface area (Å²) in [6.45, 7) is 5.72. The molecule has 0 saturated heterocycles. The Bertz CT molecular complexity index is 315. The second kappa shape index (κ2) is 7.27. The molecule has 1 aromatic rings. The van der Waals surface area contributed by atoms with E-state index in [-0.39, 0.29) is 0 Å². The van der Waals surface area contributed by atoms with Crippen LogP contribution in [0.25, 0.3) is 0 Å². The Kier molecular flexibility index (Phi) is 5.67. The highest BCUT2D eigenvalue weighted by Crippen LogP contribution is 2.23. The summed E-state index contributed by atoms with van der Waals surface area (Å²) < 4.78 is 0. The average Bonchev–Trinajstić information content (AvgIpc) is 2.84. The standard InChI is InChI=1S/C15H26N2S/c1-13-3-5-15(6-4-13)16-8-9-17(2)11-14-7-10-18-12-14/h7,10,12-13,15-16H,3-6,8-9,11H2,1-2H3. The van der Waals surface area contributed by atoms with E-state index in [1.165, 1.54) is 31.2 Å². The largest absolute Gasteiger partial charge is 0.313 e. The number of rotatable bonds is 6. The minimum absolute atomic E-state index is 0.774. The summed E-state index contributed by atoms with van der Waals surface area (Å²) >= 11 is 1.79. The van der Waals surface area contributed by atoms with Crippen molar-refractivity contribution in [3.63, 3.8) is 0 Å². The number of hydrogen-bond donors (Lipinski definition) is 1. The lowest BCUT2D eigenvalue weighted by molar-refractivity contribution is 0.279. The molecule has 0 unspecified atom stereocenters. The van der Waals surface area contributed by atoms with Crippen molar-refractivity contribution < 1.29 is 0 Å². The lowest BCUT2D eigenvalue weighted by Crippen LogP contribution is -2.37. The number of hydrogen-bond acceptors (Lipinski definition) is 3. The van der Waals surface area contributed by atoms with Crippen LogP contribution in [0.3, 0.4) is 0 Å². The van der Waals surface area contributed by atoms with Crippen molar-refractivity contribution in [2.24, 2.45) is 5.92 Å². The monoisotopic (exact) mass is 266 g/mol. The van der Waals surface area contributed by atoms with Gasteiger partial charge in [-0.2, -0.15) is 11.3 Å². The Morgan fingerprint density at radius 2 is 2.11 bits per heavy atom. The van der Waals surface area contributed by atoms with Gasteiger partial charge in [-0.25, -0.2) is 0 Å². The third kappa shape index (κ3) is 4.71. The first kappa shape index (κ1) is 14.0. The molecule has 1 aliphatic rings. The third-order valence-corrected chi connectivity index (χ3v) is 4.71. The van der Waals surface area contributed by atoms with Gasteiger partial charge in [0.1, 0.15) is 0 Å². The van der Waals surface area contributed by atoms with Crippen LogP contribution < -0.4 is 5.32 Å². The molecule has 0 bridgehead atoms. The molecular weight excluding hydrogens is 240 g/mol. The van der Waals surface area contributed by atoms with Gasteiger partial charge < -0.3 is 10.2 Å². The zero-order chi connectivity index (χ0) is 12.8. The fraction of sp³-hybridized carbons (Fsp3) is 0.733. The number of nitrogens with one attached hydrogen (secondary N) is 1. The van der Waals surface area contributed by atoms with Gasteiger partial charge in [0.2, 0.25) is 0 Å². The van der Waals surface area contributed by atoms with E-state index in [9.17, 15) is 0 Å². The summed E-state index contributed by atoms with van der Waals surface area (Å²) in [5, 5.41) is 8.11. The van der Waals surface area contributed by atoms with Gasteiger partial charge in [0, 0.05) is 25.7 Å². The summed E-state index contributed by atoms with van der Waals surface area (Å²) in [7, 11) is 2.21. The van der Waals surface area contributed by atoms with E-state index in [0.29, 0.717) is 0 Å². The molecule has 1 heterocycles. The number of thiophene rings is 1. The minimum Gasteiger partial charge on any atom is -0.313 e. The summed E-state index contributed by atoms with van der Waals surface area (Å²) in [4.78, 5) is 2.40. The molecule has 18 heavy (non-hydrogen) atoms. The lowest BCUT2D eigenvalue weighted by Gasteiger charge is -2.27. The number of likely N-dealkylation sites (N-methyl/N-ethyl adjacent to an activating group) is 1. The molecule has 0 spiro atoms. The molecule has 0 aromatic carbocycles. The predicted molar refractivity (Wildman–Crippen MR) is 80.1 cm³/mol. The van der Waals surface area contributed by atoms with E-state index < -0.39 is 0 Å². The topological polar surface area (TPSA) is 15.3 Å². The SMILES string of the molecule is CC1CCC(NCCN(C)Cc2ccsc2)CC1. The molecule has 1 saturated carbocycles. The summed E-state index contributed by atoms with van der Waals surface area (Å²) in [6, 6.07) is 2.99. The highest BCUT2D eigenvalue weighted by Gasteiger charge is 2.17. The molecule has 1 N–H and O–H groups in total. The Balaban J connectivity index is 1.57. The van der Waals surface area contributed by atoms with Crippen LogP contribution in [0.15, 0.2) is 16.8 Å². The summed E-state index contributed by atoms with van der Waals surface area (Å²) in [5.74, 6) is 0.948. The lowest BCUT2D eigenvalue weighted by atomic mass is 9.87. The molecule has 0 amide bonds. The summed E-state index contributed by atoms with van der Waals surface area (Å²) in [6.07, 6.45) is 5.55. The maximum absolute atomic E-state index is 3.71. The summed E-state index contributed by atoms with van der Waals surface area (Å²) in [5.41, 5.74) is 1.44. The highest BCUT2D eigenvalue weighted by atomic mass is 32.1. The molecule has 0 atom stereocenters. The van der Waals surface area contributed by atoms with Crippen LogP contribution in [0.2, 0.25) is 0 Å². The van der Waals surface area contributed by atoms with Gasteiger partial charge in [-0.3, -0.25) is 0 Å². The minimum atomic E-state index is 0.774. The number of nitrogens with zero attached hydrogens (tertiary/aromatic N) is 1. The van der Waals surface area contributed by atoms with Crippen molar-refractivity contribution in [1.82, 2.24) is 10.2 Å². The van der Waals surface area contributed by atoms with Crippen molar-refractivity contribution in [3.05, 3.63) is 22.4 Å². The van der Waals surface area contributed by atoms with Crippen LogP contribution in [0.5, 0.6) is 0 Å². The van der Waals surface area contributed by atoms with Crippen molar-refractivity contribution in [3.8, 4) is 0 Å². The van der Waals surface area contributed by atoms with Gasteiger partial charge in [-0.05, 0) is 61.0 Å². The first-order valence-corrected chi connectivity index (χ1v) is 8.11. The van der Waals surface area contributed by atoms with Gasteiger partial charge in [-0.1, -0.05) is 6.92 Å². The maximum Gasteiger partial charge on any atom is 0.0239 e. The van der Waals surface area contributed by atoms with Gasteiger partial charge in [-0.15, -0.1) is 0 Å². The molecule has 1 aromatic heterocycles. The Morgan fingerprint density at radius 3 is 2.78 bits per heavy atom. The third-order valence-electron chi connectivity index (χ3n) is 3.97. The molecule has 3 heteroatoms. The highest BCUT2D eigenvalue weighted by molar-refractivity contribution is 7.07. The van der Waals surface area contributed by atoms with Crippen molar-refractivity contribution in [2.45, 2.75) is 45.2 Å².